The predicted molar refractivity (Wildman–Crippen MR) is 113 cm³/mol. The van der Waals surface area contributed by atoms with Crippen LogP contribution in [0.3, 0.4) is 0 Å². The molecule has 4 rings (SSSR count). The molecule has 1 N–H and O–H groups in total. The van der Waals surface area contributed by atoms with Gasteiger partial charge in [-0.15, -0.1) is 0 Å². The maximum absolute atomic E-state index is 12.6. The van der Waals surface area contributed by atoms with Gasteiger partial charge in [0.15, 0.2) is 15.9 Å². The van der Waals surface area contributed by atoms with Crippen molar-refractivity contribution in [3.8, 4) is 5.75 Å². The van der Waals surface area contributed by atoms with Crippen LogP contribution in [-0.4, -0.2) is 36.5 Å². The molecule has 0 spiro atoms. The zero-order valence-corrected chi connectivity index (χ0v) is 17.5. The average molecular weight is 459 g/mol. The third kappa shape index (κ3) is 3.47. The Morgan fingerprint density at radius 1 is 1.10 bits per heavy atom. The molecule has 4 aromatic rings. The molecule has 0 fully saturated rings. The highest BCUT2D eigenvalue weighted by Crippen LogP contribution is 2.21. The van der Waals surface area contributed by atoms with Gasteiger partial charge in [0.1, 0.15) is 18.5 Å². The van der Waals surface area contributed by atoms with E-state index in [1.165, 1.54) is 11.6 Å². The summed E-state index contributed by atoms with van der Waals surface area (Å²) in [4.78, 5) is 28.9. The standard InChI is InChI=1S/C20H19BrN4O4/c1-23-17-16(18(27)24(2)20(23)28)25(19(21)22-17)10-14(26)11-29-15-8-7-12-5-3-4-6-13(12)9-15/h3-9,14,26H,10-11H2,1-2H3/t14-/m1/s1. The van der Waals surface area contributed by atoms with Crippen LogP contribution in [0.5, 0.6) is 5.75 Å². The quantitative estimate of drug-likeness (QED) is 0.460. The molecule has 9 heteroatoms. The smallest absolute Gasteiger partial charge is 0.332 e. The zero-order chi connectivity index (χ0) is 20.7. The lowest BCUT2D eigenvalue weighted by molar-refractivity contribution is 0.0929. The van der Waals surface area contributed by atoms with Gasteiger partial charge in [0.25, 0.3) is 5.56 Å². The molecule has 0 saturated heterocycles. The number of aliphatic hydroxyl groups is 1. The van der Waals surface area contributed by atoms with E-state index in [9.17, 15) is 14.7 Å². The number of halogens is 1. The molecule has 0 saturated carbocycles. The molecule has 0 aliphatic carbocycles. The largest absolute Gasteiger partial charge is 0.491 e. The van der Waals surface area contributed by atoms with Gasteiger partial charge in [-0.2, -0.15) is 0 Å². The van der Waals surface area contributed by atoms with Gasteiger partial charge in [-0.3, -0.25) is 13.9 Å². The Kier molecular flexibility index (Phi) is 5.01. The highest BCUT2D eigenvalue weighted by atomic mass is 79.9. The first-order chi connectivity index (χ1) is 13.9. The minimum absolute atomic E-state index is 0.0382. The van der Waals surface area contributed by atoms with Gasteiger partial charge >= 0.3 is 5.69 Å². The number of fused-ring (bicyclic) bond motifs is 2. The Morgan fingerprint density at radius 2 is 1.83 bits per heavy atom. The van der Waals surface area contributed by atoms with E-state index >= 15 is 0 Å². The van der Waals surface area contributed by atoms with Crippen molar-refractivity contribution < 1.29 is 9.84 Å². The van der Waals surface area contributed by atoms with Crippen molar-refractivity contribution in [1.82, 2.24) is 18.7 Å². The average Bonchev–Trinajstić information content (AvgIpc) is 3.05. The zero-order valence-electron chi connectivity index (χ0n) is 15.9. The third-order valence-electron chi connectivity index (χ3n) is 4.86. The molecule has 0 aliphatic rings. The SMILES string of the molecule is Cn1c(=O)c2c(nc(Br)n2C[C@@H](O)COc2ccc3ccccc3c2)n(C)c1=O. The van der Waals surface area contributed by atoms with E-state index in [2.05, 4.69) is 20.9 Å². The van der Waals surface area contributed by atoms with E-state index in [1.807, 2.05) is 42.5 Å². The number of aliphatic hydroxyl groups excluding tert-OH is 1. The number of aryl methyl sites for hydroxylation is 1. The fourth-order valence-corrected chi connectivity index (χ4v) is 3.79. The second-order valence-electron chi connectivity index (χ2n) is 6.84. The number of aromatic nitrogens is 4. The number of hydrogen-bond donors (Lipinski definition) is 1. The topological polar surface area (TPSA) is 91.3 Å². The summed E-state index contributed by atoms with van der Waals surface area (Å²) in [6.07, 6.45) is -0.892. The van der Waals surface area contributed by atoms with Crippen LogP contribution in [0.15, 0.2) is 56.8 Å². The van der Waals surface area contributed by atoms with Crippen molar-refractivity contribution in [3.63, 3.8) is 0 Å². The van der Waals surface area contributed by atoms with Crippen molar-refractivity contribution in [2.75, 3.05) is 6.61 Å². The van der Waals surface area contributed by atoms with Crippen LogP contribution in [0.1, 0.15) is 0 Å². The summed E-state index contributed by atoms with van der Waals surface area (Å²) in [5.41, 5.74) is -0.428. The molecule has 2 aromatic heterocycles. The van der Waals surface area contributed by atoms with Crippen LogP contribution >= 0.6 is 15.9 Å². The summed E-state index contributed by atoms with van der Waals surface area (Å²) in [6, 6.07) is 13.7. The number of benzene rings is 2. The minimum atomic E-state index is -0.892. The number of rotatable bonds is 5. The van der Waals surface area contributed by atoms with Gasteiger partial charge < -0.3 is 14.4 Å². The van der Waals surface area contributed by atoms with E-state index in [0.29, 0.717) is 10.5 Å². The molecule has 0 unspecified atom stereocenters. The lowest BCUT2D eigenvalue weighted by Crippen LogP contribution is -2.38. The van der Waals surface area contributed by atoms with E-state index in [4.69, 9.17) is 4.74 Å². The lowest BCUT2D eigenvalue weighted by atomic mass is 10.1. The maximum Gasteiger partial charge on any atom is 0.332 e. The molecule has 0 amide bonds. The van der Waals surface area contributed by atoms with Crippen LogP contribution in [0.2, 0.25) is 0 Å². The monoisotopic (exact) mass is 458 g/mol. The summed E-state index contributed by atoms with van der Waals surface area (Å²) >= 11 is 3.32. The minimum Gasteiger partial charge on any atom is -0.491 e. The molecule has 150 valence electrons. The van der Waals surface area contributed by atoms with Gasteiger partial charge in [-0.1, -0.05) is 30.3 Å². The summed E-state index contributed by atoms with van der Waals surface area (Å²) in [6.45, 7) is 0.120. The summed E-state index contributed by atoms with van der Waals surface area (Å²) < 4.78 is 9.96. The molecule has 2 heterocycles. The summed E-state index contributed by atoms with van der Waals surface area (Å²) in [5.74, 6) is 0.649. The van der Waals surface area contributed by atoms with Gasteiger partial charge in [-0.25, -0.2) is 9.78 Å². The molecule has 2 aromatic carbocycles. The van der Waals surface area contributed by atoms with Crippen molar-refractivity contribution in [3.05, 3.63) is 68.0 Å². The van der Waals surface area contributed by atoms with Crippen LogP contribution in [0.4, 0.5) is 0 Å². The Balaban J connectivity index is 1.57. The Bertz CT molecular complexity index is 1340. The van der Waals surface area contributed by atoms with Gasteiger partial charge in [0.2, 0.25) is 0 Å². The van der Waals surface area contributed by atoms with Crippen LogP contribution in [-0.2, 0) is 20.6 Å². The first-order valence-electron chi connectivity index (χ1n) is 8.98. The molecule has 1 atom stereocenters. The number of hydrogen-bond acceptors (Lipinski definition) is 5. The summed E-state index contributed by atoms with van der Waals surface area (Å²) in [7, 11) is 2.96. The number of nitrogens with zero attached hydrogens (tertiary/aromatic N) is 4. The Labute approximate surface area is 173 Å². The lowest BCUT2D eigenvalue weighted by Gasteiger charge is -2.15. The van der Waals surface area contributed by atoms with Gasteiger partial charge in [0.05, 0.1) is 6.54 Å². The third-order valence-corrected chi connectivity index (χ3v) is 5.46. The maximum atomic E-state index is 12.6. The highest BCUT2D eigenvalue weighted by molar-refractivity contribution is 9.10. The van der Waals surface area contributed by atoms with Gasteiger partial charge in [0, 0.05) is 14.1 Å². The van der Waals surface area contributed by atoms with E-state index in [-0.39, 0.29) is 24.3 Å². The Morgan fingerprint density at radius 3 is 2.59 bits per heavy atom. The molecule has 0 bridgehead atoms. The van der Waals surface area contributed by atoms with Gasteiger partial charge in [-0.05, 0) is 38.8 Å². The molecule has 8 nitrogen and oxygen atoms in total. The molecule has 0 radical (unpaired) electrons. The van der Waals surface area contributed by atoms with Crippen molar-refractivity contribution >= 4 is 37.9 Å². The van der Waals surface area contributed by atoms with E-state index in [0.717, 1.165) is 15.3 Å². The van der Waals surface area contributed by atoms with E-state index in [1.54, 1.807) is 11.6 Å². The first-order valence-corrected chi connectivity index (χ1v) is 9.77. The molecular weight excluding hydrogens is 440 g/mol. The second kappa shape index (κ2) is 7.49. The van der Waals surface area contributed by atoms with Crippen LogP contribution < -0.4 is 16.0 Å². The number of imidazole rings is 1. The van der Waals surface area contributed by atoms with E-state index < -0.39 is 17.4 Å². The van der Waals surface area contributed by atoms with Crippen LogP contribution in [0, 0.1) is 0 Å². The van der Waals surface area contributed by atoms with Crippen molar-refractivity contribution in [1.29, 1.82) is 0 Å². The number of ether oxygens (including phenoxy) is 1. The predicted octanol–water partition coefficient (Wildman–Crippen LogP) is 1.79. The molecular formula is C20H19BrN4O4. The molecule has 0 aliphatic heterocycles. The normalized spacial score (nSPS) is 12.6. The highest BCUT2D eigenvalue weighted by Gasteiger charge is 2.20. The fourth-order valence-electron chi connectivity index (χ4n) is 3.30. The van der Waals surface area contributed by atoms with Crippen molar-refractivity contribution in [2.45, 2.75) is 12.6 Å². The fraction of sp³-hybridized carbons (Fsp3) is 0.250. The van der Waals surface area contributed by atoms with Crippen molar-refractivity contribution in [2.24, 2.45) is 14.1 Å². The second-order valence-corrected chi connectivity index (χ2v) is 7.55. The molecule has 29 heavy (non-hydrogen) atoms. The Hall–Kier alpha value is -2.91. The first kappa shape index (κ1) is 19.4. The summed E-state index contributed by atoms with van der Waals surface area (Å²) in [5, 5.41) is 12.6. The van der Waals surface area contributed by atoms with Crippen LogP contribution in [0.25, 0.3) is 21.9 Å².